The van der Waals surface area contributed by atoms with Gasteiger partial charge in [-0.05, 0) is 24.1 Å². The summed E-state index contributed by atoms with van der Waals surface area (Å²) in [6, 6.07) is 7.79. The van der Waals surface area contributed by atoms with Crippen LogP contribution < -0.4 is 11.3 Å². The Morgan fingerprint density at radius 3 is 2.94 bits per heavy atom. The number of halogens is 1. The SMILES string of the molecule is CCCC(OCc1cccc(Br)c1)C(=O)NN. The van der Waals surface area contributed by atoms with Gasteiger partial charge in [0.2, 0.25) is 0 Å². The Kier molecular flexibility index (Phi) is 6.18. The van der Waals surface area contributed by atoms with Crippen molar-refractivity contribution in [2.45, 2.75) is 32.5 Å². The molecule has 94 valence electrons. The maximum Gasteiger partial charge on any atom is 0.263 e. The molecule has 0 bridgehead atoms. The summed E-state index contributed by atoms with van der Waals surface area (Å²) >= 11 is 3.39. The normalized spacial score (nSPS) is 12.2. The first-order valence-electron chi connectivity index (χ1n) is 5.54. The summed E-state index contributed by atoms with van der Waals surface area (Å²) in [4.78, 5) is 11.4. The molecule has 0 aliphatic heterocycles. The molecule has 0 saturated carbocycles. The molecule has 4 nitrogen and oxygen atoms in total. The van der Waals surface area contributed by atoms with Crippen LogP contribution in [0.5, 0.6) is 0 Å². The number of hydrogen-bond donors (Lipinski definition) is 2. The lowest BCUT2D eigenvalue weighted by atomic mass is 10.2. The topological polar surface area (TPSA) is 64.3 Å². The molecule has 3 N–H and O–H groups in total. The van der Waals surface area contributed by atoms with Crippen LogP contribution in [0.4, 0.5) is 0 Å². The highest BCUT2D eigenvalue weighted by Crippen LogP contribution is 2.14. The van der Waals surface area contributed by atoms with Crippen molar-refractivity contribution in [1.29, 1.82) is 0 Å². The second-order valence-electron chi connectivity index (χ2n) is 3.73. The Morgan fingerprint density at radius 1 is 1.59 bits per heavy atom. The first-order chi connectivity index (χ1) is 8.17. The molecule has 0 fully saturated rings. The van der Waals surface area contributed by atoms with E-state index in [2.05, 4.69) is 21.4 Å². The fourth-order valence-corrected chi connectivity index (χ4v) is 1.92. The Labute approximate surface area is 110 Å². The van der Waals surface area contributed by atoms with Crippen molar-refractivity contribution in [1.82, 2.24) is 5.43 Å². The minimum Gasteiger partial charge on any atom is -0.364 e. The van der Waals surface area contributed by atoms with Gasteiger partial charge in [-0.15, -0.1) is 0 Å². The first kappa shape index (κ1) is 14.2. The summed E-state index contributed by atoms with van der Waals surface area (Å²) in [6.45, 7) is 2.40. The van der Waals surface area contributed by atoms with Gasteiger partial charge in [-0.3, -0.25) is 10.2 Å². The highest BCUT2D eigenvalue weighted by atomic mass is 79.9. The van der Waals surface area contributed by atoms with Crippen LogP contribution in [-0.2, 0) is 16.1 Å². The molecular weight excluding hydrogens is 284 g/mol. The van der Waals surface area contributed by atoms with Crippen LogP contribution in [0, 0.1) is 0 Å². The zero-order chi connectivity index (χ0) is 12.7. The van der Waals surface area contributed by atoms with E-state index in [0.29, 0.717) is 13.0 Å². The van der Waals surface area contributed by atoms with E-state index in [0.717, 1.165) is 16.5 Å². The van der Waals surface area contributed by atoms with E-state index in [9.17, 15) is 4.79 Å². The van der Waals surface area contributed by atoms with Gasteiger partial charge in [0, 0.05) is 4.47 Å². The molecule has 0 aliphatic rings. The smallest absolute Gasteiger partial charge is 0.263 e. The van der Waals surface area contributed by atoms with Crippen LogP contribution in [0.1, 0.15) is 25.3 Å². The molecule has 1 aromatic carbocycles. The van der Waals surface area contributed by atoms with Crippen molar-refractivity contribution < 1.29 is 9.53 Å². The molecule has 5 heteroatoms. The van der Waals surface area contributed by atoms with E-state index in [1.807, 2.05) is 31.2 Å². The fourth-order valence-electron chi connectivity index (χ4n) is 1.47. The summed E-state index contributed by atoms with van der Waals surface area (Å²) < 4.78 is 6.56. The molecule has 17 heavy (non-hydrogen) atoms. The zero-order valence-corrected chi connectivity index (χ0v) is 11.4. The third kappa shape index (κ3) is 4.85. The molecular formula is C12H17BrN2O2. The van der Waals surface area contributed by atoms with Crippen molar-refractivity contribution in [3.63, 3.8) is 0 Å². The monoisotopic (exact) mass is 300 g/mol. The van der Waals surface area contributed by atoms with Crippen LogP contribution in [0.3, 0.4) is 0 Å². The fraction of sp³-hybridized carbons (Fsp3) is 0.417. The van der Waals surface area contributed by atoms with Crippen LogP contribution in [0.15, 0.2) is 28.7 Å². The van der Waals surface area contributed by atoms with Crippen LogP contribution in [0.2, 0.25) is 0 Å². The summed E-state index contributed by atoms with van der Waals surface area (Å²) in [7, 11) is 0. The van der Waals surface area contributed by atoms with Gasteiger partial charge in [-0.2, -0.15) is 0 Å². The molecule has 1 amide bonds. The van der Waals surface area contributed by atoms with Gasteiger partial charge < -0.3 is 4.74 Å². The van der Waals surface area contributed by atoms with Gasteiger partial charge in [0.15, 0.2) is 0 Å². The lowest BCUT2D eigenvalue weighted by Gasteiger charge is -2.15. The molecule has 0 spiro atoms. The predicted octanol–water partition coefficient (Wildman–Crippen LogP) is 2.12. The van der Waals surface area contributed by atoms with Crippen molar-refractivity contribution >= 4 is 21.8 Å². The van der Waals surface area contributed by atoms with E-state index in [-0.39, 0.29) is 5.91 Å². The Balaban J connectivity index is 2.54. The van der Waals surface area contributed by atoms with Gasteiger partial charge in [0.05, 0.1) is 6.61 Å². The van der Waals surface area contributed by atoms with Gasteiger partial charge in [0.25, 0.3) is 5.91 Å². The number of nitrogens with two attached hydrogens (primary N) is 1. The largest absolute Gasteiger partial charge is 0.364 e. The Hall–Kier alpha value is -0.910. The summed E-state index contributed by atoms with van der Waals surface area (Å²) in [5.41, 5.74) is 3.14. The summed E-state index contributed by atoms with van der Waals surface area (Å²) in [5.74, 6) is 4.83. The Bertz CT molecular complexity index is 371. The molecule has 1 aromatic rings. The van der Waals surface area contributed by atoms with Crippen LogP contribution in [-0.4, -0.2) is 12.0 Å². The molecule has 1 atom stereocenters. The molecule has 0 saturated heterocycles. The first-order valence-corrected chi connectivity index (χ1v) is 6.33. The molecule has 1 rings (SSSR count). The van der Waals surface area contributed by atoms with Gasteiger partial charge in [-0.1, -0.05) is 41.4 Å². The molecule has 1 unspecified atom stereocenters. The van der Waals surface area contributed by atoms with E-state index in [1.54, 1.807) is 0 Å². The maximum absolute atomic E-state index is 11.4. The molecule has 0 heterocycles. The number of ether oxygens (including phenoxy) is 1. The maximum atomic E-state index is 11.4. The van der Waals surface area contributed by atoms with Gasteiger partial charge in [0.1, 0.15) is 6.10 Å². The number of amides is 1. The van der Waals surface area contributed by atoms with Crippen molar-refractivity contribution in [3.8, 4) is 0 Å². The Morgan fingerprint density at radius 2 is 2.35 bits per heavy atom. The van der Waals surface area contributed by atoms with E-state index >= 15 is 0 Å². The standard InChI is InChI=1S/C12H17BrN2O2/c1-2-4-11(12(16)15-14)17-8-9-5-3-6-10(13)7-9/h3,5-7,11H,2,4,8,14H2,1H3,(H,15,16). The number of benzene rings is 1. The minimum atomic E-state index is -0.482. The predicted molar refractivity (Wildman–Crippen MR) is 70.0 cm³/mol. The second-order valence-corrected chi connectivity index (χ2v) is 4.64. The summed E-state index contributed by atoms with van der Waals surface area (Å²) in [6.07, 6.45) is 1.05. The average molecular weight is 301 g/mol. The number of hydrazine groups is 1. The van der Waals surface area contributed by atoms with Crippen molar-refractivity contribution in [3.05, 3.63) is 34.3 Å². The van der Waals surface area contributed by atoms with Crippen LogP contribution >= 0.6 is 15.9 Å². The number of rotatable bonds is 6. The number of carbonyl (C=O) groups is 1. The lowest BCUT2D eigenvalue weighted by molar-refractivity contribution is -0.134. The van der Waals surface area contributed by atoms with Crippen molar-refractivity contribution in [2.24, 2.45) is 5.84 Å². The average Bonchev–Trinajstić information content (AvgIpc) is 2.33. The van der Waals surface area contributed by atoms with Gasteiger partial charge >= 0.3 is 0 Å². The molecule has 0 aliphatic carbocycles. The van der Waals surface area contributed by atoms with Crippen LogP contribution in [0.25, 0.3) is 0 Å². The minimum absolute atomic E-state index is 0.276. The second kappa shape index (κ2) is 7.42. The highest BCUT2D eigenvalue weighted by Gasteiger charge is 2.16. The quantitative estimate of drug-likeness (QED) is 0.480. The summed E-state index contributed by atoms with van der Waals surface area (Å²) in [5, 5.41) is 0. The lowest BCUT2D eigenvalue weighted by Crippen LogP contribution is -2.40. The third-order valence-corrected chi connectivity index (χ3v) is 2.82. The number of carbonyl (C=O) groups excluding carboxylic acids is 1. The highest BCUT2D eigenvalue weighted by molar-refractivity contribution is 9.10. The number of hydrogen-bond acceptors (Lipinski definition) is 3. The molecule has 0 radical (unpaired) electrons. The van der Waals surface area contributed by atoms with E-state index < -0.39 is 6.10 Å². The van der Waals surface area contributed by atoms with Crippen molar-refractivity contribution in [2.75, 3.05) is 0 Å². The third-order valence-electron chi connectivity index (χ3n) is 2.33. The zero-order valence-electron chi connectivity index (χ0n) is 9.78. The molecule has 0 aromatic heterocycles. The van der Waals surface area contributed by atoms with E-state index in [4.69, 9.17) is 10.6 Å². The van der Waals surface area contributed by atoms with Gasteiger partial charge in [-0.25, -0.2) is 5.84 Å². The number of nitrogens with one attached hydrogen (secondary N) is 1. The van der Waals surface area contributed by atoms with E-state index in [1.165, 1.54) is 0 Å².